The maximum Gasteiger partial charge on any atom is 0.314 e. The van der Waals surface area contributed by atoms with Gasteiger partial charge < -0.3 is 14.4 Å². The zero-order valence-corrected chi connectivity index (χ0v) is 19.9. The number of carboxylic acids is 2. The average Bonchev–Trinajstić information content (AvgIpc) is 2.67. The Morgan fingerprint density at radius 3 is 1.83 bits per heavy atom. The first-order chi connectivity index (χ1) is 14.1. The third kappa shape index (κ3) is 23.5. The van der Waals surface area contributed by atoms with Gasteiger partial charge in [0.1, 0.15) is 11.5 Å². The summed E-state index contributed by atoms with van der Waals surface area (Å²) in [6.45, 7) is 2.77. The van der Waals surface area contributed by atoms with Crippen LogP contribution in [0.5, 0.6) is 0 Å². The fraction of sp³-hybridized carbons (Fsp3) is 0.818. The smallest absolute Gasteiger partial charge is 0.314 e. The molecule has 1 unspecified atom stereocenters. The minimum absolute atomic E-state index is 0.0976. The molecule has 7 heteroatoms. The highest BCUT2D eigenvalue weighted by Gasteiger charge is 2.12. The predicted octanol–water partition coefficient (Wildman–Crippen LogP) is 6.77. The highest BCUT2D eigenvalue weighted by Crippen LogP contribution is 2.41. The molecular formula is C22H42O5S2. The van der Waals surface area contributed by atoms with Crippen LogP contribution in [0.1, 0.15) is 96.8 Å². The largest absolute Gasteiger partial charge is 0.481 e. The van der Waals surface area contributed by atoms with E-state index in [1.165, 1.54) is 77.0 Å². The molecule has 0 aromatic rings. The van der Waals surface area contributed by atoms with Crippen molar-refractivity contribution >= 4 is 32.9 Å². The van der Waals surface area contributed by atoms with Gasteiger partial charge in [0.25, 0.3) is 0 Å². The van der Waals surface area contributed by atoms with E-state index in [9.17, 15) is 9.59 Å². The number of hydrogen-bond donors (Lipinski definition) is 3. The standard InChI is InChI=1S/C22H42O5S2/c1-2-3-4-5-6-7-8-9-10-11-12-13-14-15-16-17-18-27-29(20-22(25)26)28-19-21(23)24/h9-10,29H,2-8,11-20H2,1H3,(H,23,24)(H,25,26)/b10-9-. The van der Waals surface area contributed by atoms with Crippen LogP contribution in [0.25, 0.3) is 0 Å². The topological polar surface area (TPSA) is 83.8 Å². The molecule has 2 N–H and O–H groups in total. The monoisotopic (exact) mass is 450 g/mol. The van der Waals surface area contributed by atoms with Crippen molar-refractivity contribution in [1.29, 1.82) is 0 Å². The SMILES string of the molecule is CCCCCCCC/C=C\CCCCCCCCO[SH](CC(=O)O)SCC(=O)O. The minimum atomic E-state index is -1.25. The molecule has 0 saturated heterocycles. The summed E-state index contributed by atoms with van der Waals surface area (Å²) >= 11 is 0. The van der Waals surface area contributed by atoms with Crippen molar-refractivity contribution in [3.63, 3.8) is 0 Å². The van der Waals surface area contributed by atoms with E-state index >= 15 is 0 Å². The van der Waals surface area contributed by atoms with Gasteiger partial charge in [-0.1, -0.05) is 97.9 Å². The molecule has 29 heavy (non-hydrogen) atoms. The van der Waals surface area contributed by atoms with Gasteiger partial charge >= 0.3 is 11.9 Å². The van der Waals surface area contributed by atoms with Gasteiger partial charge in [0.15, 0.2) is 0 Å². The summed E-state index contributed by atoms with van der Waals surface area (Å²) < 4.78 is 5.60. The Bertz CT molecular complexity index is 429. The van der Waals surface area contributed by atoms with Crippen LogP contribution in [0.15, 0.2) is 12.2 Å². The Morgan fingerprint density at radius 1 is 0.793 bits per heavy atom. The second kappa shape index (κ2) is 22.0. The first-order valence-electron chi connectivity index (χ1n) is 11.2. The second-order valence-electron chi connectivity index (χ2n) is 7.32. The molecule has 0 saturated carbocycles. The number of thiol groups is 1. The van der Waals surface area contributed by atoms with Crippen LogP contribution in [0.3, 0.4) is 0 Å². The lowest BCUT2D eigenvalue weighted by Gasteiger charge is -2.18. The van der Waals surface area contributed by atoms with Gasteiger partial charge in [0, 0.05) is 0 Å². The molecule has 0 amide bonds. The van der Waals surface area contributed by atoms with Crippen molar-refractivity contribution in [3.05, 3.63) is 12.2 Å². The van der Waals surface area contributed by atoms with E-state index in [-0.39, 0.29) is 11.5 Å². The molecule has 0 fully saturated rings. The summed E-state index contributed by atoms with van der Waals surface area (Å²) in [7, 11) is -0.145. The van der Waals surface area contributed by atoms with Gasteiger partial charge in [-0.2, -0.15) is 0 Å². The molecule has 0 spiro atoms. The van der Waals surface area contributed by atoms with Crippen LogP contribution in [0, 0.1) is 0 Å². The maximum absolute atomic E-state index is 10.8. The molecule has 1 atom stereocenters. The summed E-state index contributed by atoms with van der Waals surface area (Å²) in [5.74, 6) is -2.07. The number of hydrogen-bond acceptors (Lipinski definition) is 4. The van der Waals surface area contributed by atoms with E-state index < -0.39 is 22.1 Å². The number of rotatable bonds is 22. The van der Waals surface area contributed by atoms with Crippen molar-refractivity contribution in [2.75, 3.05) is 18.1 Å². The summed E-state index contributed by atoms with van der Waals surface area (Å²) in [5.41, 5.74) is 0. The van der Waals surface area contributed by atoms with Crippen molar-refractivity contribution in [3.8, 4) is 0 Å². The van der Waals surface area contributed by atoms with Gasteiger partial charge in [-0.05, 0) is 32.1 Å². The molecule has 0 aliphatic heterocycles. The number of unbranched alkanes of at least 4 members (excludes halogenated alkanes) is 12. The highest BCUT2D eigenvalue weighted by molar-refractivity contribution is 8.83. The van der Waals surface area contributed by atoms with Gasteiger partial charge in [0.05, 0.1) is 6.61 Å². The summed E-state index contributed by atoms with van der Waals surface area (Å²) in [6, 6.07) is 0. The van der Waals surface area contributed by atoms with Crippen molar-refractivity contribution in [1.82, 2.24) is 0 Å². The molecule has 0 aromatic carbocycles. The van der Waals surface area contributed by atoms with Crippen LogP contribution >= 0.6 is 21.0 Å². The Morgan fingerprint density at radius 2 is 1.31 bits per heavy atom. The van der Waals surface area contributed by atoms with E-state index in [1.807, 2.05) is 0 Å². The predicted molar refractivity (Wildman–Crippen MR) is 127 cm³/mol. The van der Waals surface area contributed by atoms with Crippen LogP contribution in [0.4, 0.5) is 0 Å². The summed E-state index contributed by atoms with van der Waals surface area (Å²) in [5, 5.41) is 17.6. The van der Waals surface area contributed by atoms with Gasteiger partial charge in [-0.15, -0.1) is 0 Å². The normalized spacial score (nSPS) is 13.1. The van der Waals surface area contributed by atoms with E-state index in [0.29, 0.717) is 6.61 Å². The first kappa shape index (κ1) is 28.3. The lowest BCUT2D eigenvalue weighted by Crippen LogP contribution is -2.07. The molecular weight excluding hydrogens is 408 g/mol. The third-order valence-corrected chi connectivity index (χ3v) is 8.11. The van der Waals surface area contributed by atoms with Crippen LogP contribution < -0.4 is 0 Å². The van der Waals surface area contributed by atoms with Gasteiger partial charge in [-0.25, -0.2) is 0 Å². The van der Waals surface area contributed by atoms with Crippen molar-refractivity contribution in [2.45, 2.75) is 96.8 Å². The highest BCUT2D eigenvalue weighted by atomic mass is 33.1. The number of allylic oxidation sites excluding steroid dienone is 2. The van der Waals surface area contributed by atoms with Gasteiger partial charge in [-0.3, -0.25) is 9.59 Å². The molecule has 0 radical (unpaired) electrons. The molecule has 0 bridgehead atoms. The molecule has 0 aliphatic rings. The average molecular weight is 451 g/mol. The fourth-order valence-corrected chi connectivity index (χ4v) is 5.76. The number of aliphatic carboxylic acids is 2. The molecule has 5 nitrogen and oxygen atoms in total. The second-order valence-corrected chi connectivity index (χ2v) is 11.1. The molecule has 0 aliphatic carbocycles. The van der Waals surface area contributed by atoms with E-state index in [2.05, 4.69) is 19.1 Å². The quantitative estimate of drug-likeness (QED) is 0.0730. The zero-order valence-electron chi connectivity index (χ0n) is 18.2. The van der Waals surface area contributed by atoms with Gasteiger partial charge in [0.2, 0.25) is 0 Å². The first-order valence-corrected chi connectivity index (χ1v) is 14.2. The minimum Gasteiger partial charge on any atom is -0.481 e. The zero-order chi connectivity index (χ0) is 21.6. The Kier molecular flexibility index (Phi) is 21.5. The lowest BCUT2D eigenvalue weighted by molar-refractivity contribution is -0.135. The summed E-state index contributed by atoms with van der Waals surface area (Å²) in [4.78, 5) is 21.4. The Hall–Kier alpha value is -0.660. The Labute approximate surface area is 184 Å². The van der Waals surface area contributed by atoms with Crippen LogP contribution in [-0.4, -0.2) is 40.3 Å². The molecule has 0 rings (SSSR count). The van der Waals surface area contributed by atoms with Crippen LogP contribution in [0.2, 0.25) is 0 Å². The molecule has 0 heterocycles. The maximum atomic E-state index is 10.8. The van der Waals surface area contributed by atoms with Crippen molar-refractivity contribution < 1.29 is 24.0 Å². The molecule has 172 valence electrons. The van der Waals surface area contributed by atoms with Crippen molar-refractivity contribution in [2.24, 2.45) is 0 Å². The fourth-order valence-electron chi connectivity index (χ4n) is 2.88. The molecule has 0 aromatic heterocycles. The van der Waals surface area contributed by atoms with Crippen LogP contribution in [-0.2, 0) is 13.8 Å². The Balaban J connectivity index is 3.43. The summed E-state index contributed by atoms with van der Waals surface area (Å²) in [6.07, 6.45) is 22.1. The van der Waals surface area contributed by atoms with E-state index in [1.54, 1.807) is 0 Å². The third-order valence-electron chi connectivity index (χ3n) is 4.49. The van der Waals surface area contributed by atoms with E-state index in [4.69, 9.17) is 14.4 Å². The number of carboxylic acid groups (broad SMARTS) is 2. The number of carbonyl (C=O) groups is 2. The van der Waals surface area contributed by atoms with E-state index in [0.717, 1.165) is 23.6 Å². The lowest BCUT2D eigenvalue weighted by atomic mass is 10.1.